The summed E-state index contributed by atoms with van der Waals surface area (Å²) in [5, 5.41) is 19.4. The van der Waals surface area contributed by atoms with Gasteiger partial charge in [0.1, 0.15) is 6.61 Å². The van der Waals surface area contributed by atoms with E-state index in [0.717, 1.165) is 44.9 Å². The predicted molar refractivity (Wildman–Crippen MR) is 93.3 cm³/mol. The van der Waals surface area contributed by atoms with E-state index in [9.17, 15) is 15.0 Å². The van der Waals surface area contributed by atoms with Gasteiger partial charge in [-0.3, -0.25) is 4.79 Å². The van der Waals surface area contributed by atoms with Gasteiger partial charge in [-0.25, -0.2) is 0 Å². The summed E-state index contributed by atoms with van der Waals surface area (Å²) in [5.41, 5.74) is 3.21. The highest BCUT2D eigenvalue weighted by atomic mass is 16.3. The quantitative estimate of drug-likeness (QED) is 0.816. The van der Waals surface area contributed by atoms with Crippen molar-refractivity contribution in [3.05, 3.63) is 23.3 Å². The number of aliphatic hydroxyl groups is 2. The van der Waals surface area contributed by atoms with Crippen LogP contribution in [0.3, 0.4) is 0 Å². The first-order chi connectivity index (χ1) is 11.4. The first-order valence-corrected chi connectivity index (χ1v) is 9.63. The molecule has 1 unspecified atom stereocenters. The van der Waals surface area contributed by atoms with Gasteiger partial charge in [0.25, 0.3) is 0 Å². The molecule has 4 rings (SSSR count). The number of carbonyl (C=O) groups is 1. The molecule has 0 radical (unpaired) electrons. The molecule has 0 heterocycles. The lowest BCUT2D eigenvalue weighted by Crippen LogP contribution is -2.47. The van der Waals surface area contributed by atoms with Crippen molar-refractivity contribution in [2.45, 2.75) is 64.9 Å². The van der Waals surface area contributed by atoms with E-state index in [2.05, 4.69) is 26.0 Å². The van der Waals surface area contributed by atoms with Crippen LogP contribution in [0.15, 0.2) is 23.3 Å². The summed E-state index contributed by atoms with van der Waals surface area (Å²) in [6.45, 7) is 4.37. The lowest BCUT2D eigenvalue weighted by atomic mass is 9.50. The van der Waals surface area contributed by atoms with E-state index in [1.807, 2.05) is 0 Å². The highest BCUT2D eigenvalue weighted by Crippen LogP contribution is 2.64. The van der Waals surface area contributed by atoms with Gasteiger partial charge in [0.2, 0.25) is 0 Å². The number of rotatable bonds is 2. The average Bonchev–Trinajstić information content (AvgIpc) is 2.92. The van der Waals surface area contributed by atoms with Crippen LogP contribution >= 0.6 is 0 Å². The van der Waals surface area contributed by atoms with Crippen LogP contribution in [-0.4, -0.2) is 28.7 Å². The molecule has 0 bridgehead atoms. The minimum Gasteiger partial charge on any atom is -0.393 e. The Morgan fingerprint density at radius 2 is 1.92 bits per heavy atom. The fourth-order valence-electron chi connectivity index (χ4n) is 6.62. The summed E-state index contributed by atoms with van der Waals surface area (Å²) in [7, 11) is 0. The lowest BCUT2D eigenvalue weighted by Gasteiger charge is -2.54. The number of Topliss-reactive ketones (excluding diaryl/α,β-unsaturated/α-hetero) is 1. The van der Waals surface area contributed by atoms with E-state index in [-0.39, 0.29) is 35.2 Å². The van der Waals surface area contributed by atoms with Crippen LogP contribution in [0.25, 0.3) is 0 Å². The van der Waals surface area contributed by atoms with Crippen molar-refractivity contribution < 1.29 is 15.0 Å². The molecule has 4 aliphatic rings. The van der Waals surface area contributed by atoms with Crippen LogP contribution in [0.4, 0.5) is 0 Å². The molecular formula is C21H30O3. The number of allylic oxidation sites excluding steroid dienone is 3. The maximum Gasteiger partial charge on any atom is 0.161 e. The van der Waals surface area contributed by atoms with Crippen LogP contribution < -0.4 is 0 Å². The molecule has 0 spiro atoms. The standard InChI is InChI=1S/C21H30O3/c1-20-9-7-14(23)11-13(20)3-4-15-16-5-6-18(19(24)12-22)21(16,2)10-8-17(15)20/h3-4,14,16-18,22-23H,5-12H2,1-2H3/t14?,16-,17-,18+,20-,21-/m0/s1. The number of aliphatic hydroxyl groups excluding tert-OH is 2. The highest BCUT2D eigenvalue weighted by molar-refractivity contribution is 5.83. The maximum absolute atomic E-state index is 12.3. The van der Waals surface area contributed by atoms with Crippen molar-refractivity contribution in [2.24, 2.45) is 28.6 Å². The number of carbonyl (C=O) groups excluding carboxylic acids is 1. The zero-order chi connectivity index (χ0) is 17.1. The topological polar surface area (TPSA) is 57.5 Å². The van der Waals surface area contributed by atoms with Gasteiger partial charge >= 0.3 is 0 Å². The Kier molecular flexibility index (Phi) is 3.81. The van der Waals surface area contributed by atoms with Gasteiger partial charge < -0.3 is 10.2 Å². The van der Waals surface area contributed by atoms with Gasteiger partial charge in [-0.2, -0.15) is 0 Å². The maximum atomic E-state index is 12.3. The van der Waals surface area contributed by atoms with E-state index < -0.39 is 0 Å². The summed E-state index contributed by atoms with van der Waals surface area (Å²) < 4.78 is 0. The fraction of sp³-hybridized carbons (Fsp3) is 0.762. The molecule has 0 aromatic heterocycles. The third-order valence-electron chi connectivity index (χ3n) is 8.09. The van der Waals surface area contributed by atoms with Crippen molar-refractivity contribution in [3.63, 3.8) is 0 Å². The first kappa shape index (κ1) is 16.5. The molecular weight excluding hydrogens is 300 g/mol. The molecule has 4 aliphatic carbocycles. The molecule has 3 nitrogen and oxygen atoms in total. The van der Waals surface area contributed by atoms with E-state index in [0.29, 0.717) is 11.8 Å². The number of hydrogen-bond acceptors (Lipinski definition) is 3. The molecule has 6 atom stereocenters. The summed E-state index contributed by atoms with van der Waals surface area (Å²) >= 11 is 0. The minimum absolute atomic E-state index is 0.0258. The van der Waals surface area contributed by atoms with Gasteiger partial charge in [0.05, 0.1) is 6.10 Å². The number of hydrogen-bond donors (Lipinski definition) is 2. The molecule has 0 aliphatic heterocycles. The van der Waals surface area contributed by atoms with Crippen molar-refractivity contribution in [2.75, 3.05) is 6.61 Å². The van der Waals surface area contributed by atoms with Gasteiger partial charge in [-0.1, -0.05) is 37.1 Å². The molecule has 0 aromatic carbocycles. The Hall–Kier alpha value is -0.930. The second kappa shape index (κ2) is 5.54. The Morgan fingerprint density at radius 1 is 1.12 bits per heavy atom. The molecule has 132 valence electrons. The fourth-order valence-corrected chi connectivity index (χ4v) is 6.62. The summed E-state index contributed by atoms with van der Waals surface area (Å²) in [5.74, 6) is 1.13. The zero-order valence-electron chi connectivity index (χ0n) is 14.9. The molecule has 0 aromatic rings. The highest BCUT2D eigenvalue weighted by Gasteiger charge is 2.57. The minimum atomic E-state index is -0.310. The smallest absolute Gasteiger partial charge is 0.161 e. The van der Waals surface area contributed by atoms with Gasteiger partial charge in [-0.05, 0) is 67.6 Å². The van der Waals surface area contributed by atoms with Crippen LogP contribution in [0.2, 0.25) is 0 Å². The van der Waals surface area contributed by atoms with Crippen molar-refractivity contribution in [3.8, 4) is 0 Å². The monoisotopic (exact) mass is 330 g/mol. The van der Waals surface area contributed by atoms with Crippen molar-refractivity contribution in [1.82, 2.24) is 0 Å². The van der Waals surface area contributed by atoms with Crippen molar-refractivity contribution in [1.29, 1.82) is 0 Å². The van der Waals surface area contributed by atoms with E-state index in [1.54, 1.807) is 5.57 Å². The van der Waals surface area contributed by atoms with E-state index in [1.165, 1.54) is 5.57 Å². The lowest BCUT2D eigenvalue weighted by molar-refractivity contribution is -0.129. The zero-order valence-corrected chi connectivity index (χ0v) is 14.9. The molecule has 3 fully saturated rings. The van der Waals surface area contributed by atoms with Crippen molar-refractivity contribution >= 4 is 5.78 Å². The van der Waals surface area contributed by atoms with Gasteiger partial charge in [0.15, 0.2) is 5.78 Å². The first-order valence-electron chi connectivity index (χ1n) is 9.63. The van der Waals surface area contributed by atoms with E-state index in [4.69, 9.17) is 0 Å². The Balaban J connectivity index is 1.69. The van der Waals surface area contributed by atoms with Crippen LogP contribution in [-0.2, 0) is 4.79 Å². The summed E-state index contributed by atoms with van der Waals surface area (Å²) in [6, 6.07) is 0. The second-order valence-corrected chi connectivity index (χ2v) is 9.08. The molecule has 3 saturated carbocycles. The molecule has 24 heavy (non-hydrogen) atoms. The van der Waals surface area contributed by atoms with E-state index >= 15 is 0 Å². The summed E-state index contributed by atoms with van der Waals surface area (Å²) in [4.78, 5) is 12.3. The largest absolute Gasteiger partial charge is 0.393 e. The Bertz CT molecular complexity index is 619. The number of ketones is 1. The molecule has 2 N–H and O–H groups in total. The average molecular weight is 330 g/mol. The third kappa shape index (κ3) is 2.13. The normalized spacial score (nSPS) is 47.2. The van der Waals surface area contributed by atoms with Crippen LogP contribution in [0.1, 0.15) is 58.8 Å². The summed E-state index contributed by atoms with van der Waals surface area (Å²) in [6.07, 6.45) is 11.5. The second-order valence-electron chi connectivity index (χ2n) is 9.08. The van der Waals surface area contributed by atoms with Crippen LogP contribution in [0, 0.1) is 28.6 Å². The SMILES string of the molecule is C[C@]12CC[C@H]3C(=CC=C4CC(O)CC[C@@]43C)[C@@H]1CC[C@@H]2C(=O)CO. The predicted octanol–water partition coefficient (Wildman–Crippen LogP) is 3.41. The Labute approximate surface area is 144 Å². The molecule has 3 heteroatoms. The number of fused-ring (bicyclic) bond motifs is 5. The van der Waals surface area contributed by atoms with Gasteiger partial charge in [-0.15, -0.1) is 0 Å². The molecule has 0 saturated heterocycles. The van der Waals surface area contributed by atoms with Crippen LogP contribution in [0.5, 0.6) is 0 Å². The molecule has 0 amide bonds. The Morgan fingerprint density at radius 3 is 2.67 bits per heavy atom. The van der Waals surface area contributed by atoms with Gasteiger partial charge in [0, 0.05) is 5.92 Å². The third-order valence-corrected chi connectivity index (χ3v) is 8.09.